The van der Waals surface area contributed by atoms with Crippen molar-refractivity contribution < 1.29 is 24.2 Å². The molecule has 118 valence electrons. The van der Waals surface area contributed by atoms with Gasteiger partial charge in [0, 0.05) is 11.8 Å². The molecule has 0 radical (unpaired) electrons. The van der Waals surface area contributed by atoms with Crippen LogP contribution in [0, 0.1) is 11.8 Å². The molecule has 6 nitrogen and oxygen atoms in total. The molecule has 6 heteroatoms. The number of aliphatic carboxylic acids is 1. The average Bonchev–Trinajstić information content (AvgIpc) is 2.54. The predicted octanol–water partition coefficient (Wildman–Crippen LogP) is 2.29. The lowest BCUT2D eigenvalue weighted by Gasteiger charge is -2.27. The third kappa shape index (κ3) is 3.00. The number of anilines is 1. The molecule has 2 atom stereocenters. The number of benzene rings is 1. The number of hydrogen-bond donors (Lipinski definition) is 2. The van der Waals surface area contributed by atoms with E-state index < -0.39 is 17.8 Å². The molecule has 1 amide bonds. The molecular formula is C16H19NO5. The number of carbonyl (C=O) groups is 2. The topological polar surface area (TPSA) is 84.9 Å². The Labute approximate surface area is 128 Å². The van der Waals surface area contributed by atoms with Gasteiger partial charge in [-0.2, -0.15) is 0 Å². The molecule has 0 bridgehead atoms. The second-order valence-electron chi connectivity index (χ2n) is 5.68. The van der Waals surface area contributed by atoms with Gasteiger partial charge >= 0.3 is 5.97 Å². The average molecular weight is 305 g/mol. The largest absolute Gasteiger partial charge is 0.486 e. The number of carboxylic acid groups (broad SMARTS) is 1. The molecule has 22 heavy (non-hydrogen) atoms. The Hall–Kier alpha value is -2.24. The van der Waals surface area contributed by atoms with Crippen LogP contribution in [-0.4, -0.2) is 30.2 Å². The van der Waals surface area contributed by atoms with Crippen molar-refractivity contribution in [2.75, 3.05) is 18.5 Å². The van der Waals surface area contributed by atoms with E-state index in [4.69, 9.17) is 9.47 Å². The van der Waals surface area contributed by atoms with E-state index in [-0.39, 0.29) is 5.91 Å². The standard InChI is InChI=1S/C16H19NO5/c18-15(11-3-1-2-4-12(11)16(19)20)17-10-5-6-13-14(9-10)22-8-7-21-13/h5-6,9,11-12H,1-4,7-8H2,(H,17,18)(H,19,20)/t11-,12-/m1/s1. The van der Waals surface area contributed by atoms with Gasteiger partial charge in [0.05, 0.1) is 11.8 Å². The molecular weight excluding hydrogens is 286 g/mol. The molecule has 3 rings (SSSR count). The minimum atomic E-state index is -0.887. The van der Waals surface area contributed by atoms with Crippen LogP contribution in [0.25, 0.3) is 0 Å². The van der Waals surface area contributed by atoms with Crippen molar-refractivity contribution >= 4 is 17.6 Å². The Morgan fingerprint density at radius 3 is 2.45 bits per heavy atom. The van der Waals surface area contributed by atoms with E-state index in [1.807, 2.05) is 0 Å². The summed E-state index contributed by atoms with van der Waals surface area (Å²) in [5.74, 6) is -0.927. The van der Waals surface area contributed by atoms with Crippen molar-refractivity contribution in [2.45, 2.75) is 25.7 Å². The van der Waals surface area contributed by atoms with E-state index in [1.165, 1.54) is 0 Å². The van der Waals surface area contributed by atoms with Crippen molar-refractivity contribution in [3.8, 4) is 11.5 Å². The third-order valence-electron chi connectivity index (χ3n) is 4.23. The molecule has 2 N–H and O–H groups in total. The highest BCUT2D eigenvalue weighted by Crippen LogP contribution is 2.34. The molecule has 1 aromatic rings. The summed E-state index contributed by atoms with van der Waals surface area (Å²) < 4.78 is 10.9. The first-order chi connectivity index (χ1) is 10.6. The molecule has 0 aromatic heterocycles. The van der Waals surface area contributed by atoms with Gasteiger partial charge in [-0.15, -0.1) is 0 Å². The Kier molecular flexibility index (Phi) is 4.18. The maximum absolute atomic E-state index is 12.4. The minimum Gasteiger partial charge on any atom is -0.486 e. The quantitative estimate of drug-likeness (QED) is 0.895. The molecule has 1 aliphatic carbocycles. The number of carbonyl (C=O) groups excluding carboxylic acids is 1. The zero-order chi connectivity index (χ0) is 15.5. The predicted molar refractivity (Wildman–Crippen MR) is 79.1 cm³/mol. The van der Waals surface area contributed by atoms with Gasteiger partial charge in [-0.1, -0.05) is 12.8 Å². The van der Waals surface area contributed by atoms with Gasteiger partial charge < -0.3 is 19.9 Å². The van der Waals surface area contributed by atoms with Crippen LogP contribution in [0.1, 0.15) is 25.7 Å². The van der Waals surface area contributed by atoms with Crippen molar-refractivity contribution in [1.29, 1.82) is 0 Å². The van der Waals surface area contributed by atoms with Gasteiger partial charge in [-0.05, 0) is 25.0 Å². The van der Waals surface area contributed by atoms with Crippen molar-refractivity contribution in [2.24, 2.45) is 11.8 Å². The van der Waals surface area contributed by atoms with E-state index in [0.29, 0.717) is 43.2 Å². The summed E-state index contributed by atoms with van der Waals surface area (Å²) in [6.45, 7) is 0.995. The van der Waals surface area contributed by atoms with Crippen LogP contribution in [-0.2, 0) is 9.59 Å². The summed E-state index contributed by atoms with van der Waals surface area (Å²) in [4.78, 5) is 23.7. The molecule has 0 unspecified atom stereocenters. The fraction of sp³-hybridized carbons (Fsp3) is 0.500. The second kappa shape index (κ2) is 6.25. The molecule has 1 heterocycles. The number of hydrogen-bond acceptors (Lipinski definition) is 4. The maximum atomic E-state index is 12.4. The first-order valence-electron chi connectivity index (χ1n) is 7.58. The van der Waals surface area contributed by atoms with Crippen molar-refractivity contribution in [3.63, 3.8) is 0 Å². The van der Waals surface area contributed by atoms with Gasteiger partial charge in [-0.25, -0.2) is 0 Å². The number of nitrogens with one attached hydrogen (secondary N) is 1. The smallest absolute Gasteiger partial charge is 0.307 e. The van der Waals surface area contributed by atoms with Gasteiger partial charge in [0.15, 0.2) is 11.5 Å². The zero-order valence-electron chi connectivity index (χ0n) is 12.2. The Balaban J connectivity index is 1.71. The first kappa shape index (κ1) is 14.7. The summed E-state index contributed by atoms with van der Waals surface area (Å²) in [7, 11) is 0. The van der Waals surface area contributed by atoms with Crippen LogP contribution >= 0.6 is 0 Å². The summed E-state index contributed by atoms with van der Waals surface area (Å²) in [5, 5.41) is 12.1. The Morgan fingerprint density at radius 2 is 1.73 bits per heavy atom. The highest BCUT2D eigenvalue weighted by Gasteiger charge is 2.35. The number of rotatable bonds is 3. The van der Waals surface area contributed by atoms with E-state index in [0.717, 1.165) is 12.8 Å². The van der Waals surface area contributed by atoms with Gasteiger partial charge in [0.25, 0.3) is 0 Å². The van der Waals surface area contributed by atoms with Crippen LogP contribution in [0.4, 0.5) is 5.69 Å². The van der Waals surface area contributed by atoms with E-state index in [9.17, 15) is 14.7 Å². The van der Waals surface area contributed by atoms with Gasteiger partial charge in [-0.3, -0.25) is 9.59 Å². The highest BCUT2D eigenvalue weighted by molar-refractivity contribution is 5.95. The van der Waals surface area contributed by atoms with Crippen LogP contribution in [0.15, 0.2) is 18.2 Å². The van der Waals surface area contributed by atoms with Crippen molar-refractivity contribution in [3.05, 3.63) is 18.2 Å². The molecule has 1 aromatic carbocycles. The first-order valence-corrected chi connectivity index (χ1v) is 7.58. The number of fused-ring (bicyclic) bond motifs is 1. The normalized spacial score (nSPS) is 23.6. The van der Waals surface area contributed by atoms with Crippen LogP contribution in [0.5, 0.6) is 11.5 Å². The lowest BCUT2D eigenvalue weighted by atomic mass is 9.78. The fourth-order valence-corrected chi connectivity index (χ4v) is 3.10. The monoisotopic (exact) mass is 305 g/mol. The Bertz CT molecular complexity index is 586. The molecule has 1 aliphatic heterocycles. The second-order valence-corrected chi connectivity index (χ2v) is 5.68. The lowest BCUT2D eigenvalue weighted by molar-refractivity contribution is -0.147. The van der Waals surface area contributed by atoms with Crippen LogP contribution < -0.4 is 14.8 Å². The van der Waals surface area contributed by atoms with Crippen molar-refractivity contribution in [1.82, 2.24) is 0 Å². The molecule has 0 spiro atoms. The number of amides is 1. The van der Waals surface area contributed by atoms with Crippen LogP contribution in [0.2, 0.25) is 0 Å². The fourth-order valence-electron chi connectivity index (χ4n) is 3.10. The SMILES string of the molecule is O=C(O)[C@@H]1CCCC[C@H]1C(=O)Nc1ccc2c(c1)OCCO2. The summed E-state index contributed by atoms with van der Waals surface area (Å²) in [5.41, 5.74) is 0.601. The zero-order valence-corrected chi connectivity index (χ0v) is 12.2. The number of ether oxygens (including phenoxy) is 2. The summed E-state index contributed by atoms with van der Waals surface area (Å²) in [6.07, 6.45) is 2.94. The molecule has 1 fully saturated rings. The molecule has 0 saturated heterocycles. The van der Waals surface area contributed by atoms with E-state index >= 15 is 0 Å². The van der Waals surface area contributed by atoms with E-state index in [1.54, 1.807) is 18.2 Å². The van der Waals surface area contributed by atoms with E-state index in [2.05, 4.69) is 5.32 Å². The molecule has 2 aliphatic rings. The minimum absolute atomic E-state index is 0.233. The number of carboxylic acids is 1. The molecule has 1 saturated carbocycles. The lowest BCUT2D eigenvalue weighted by Crippen LogP contribution is -2.36. The van der Waals surface area contributed by atoms with Gasteiger partial charge in [0.1, 0.15) is 13.2 Å². The third-order valence-corrected chi connectivity index (χ3v) is 4.23. The van der Waals surface area contributed by atoms with Crippen LogP contribution in [0.3, 0.4) is 0 Å². The Morgan fingerprint density at radius 1 is 1.05 bits per heavy atom. The summed E-state index contributed by atoms with van der Waals surface area (Å²) >= 11 is 0. The summed E-state index contributed by atoms with van der Waals surface area (Å²) in [6, 6.07) is 5.20. The highest BCUT2D eigenvalue weighted by atomic mass is 16.6. The van der Waals surface area contributed by atoms with Gasteiger partial charge in [0.2, 0.25) is 5.91 Å². The maximum Gasteiger partial charge on any atom is 0.307 e.